The predicted molar refractivity (Wildman–Crippen MR) is 177 cm³/mol. The summed E-state index contributed by atoms with van der Waals surface area (Å²) in [5, 5.41) is 11.1. The molecule has 0 bridgehead atoms. The first-order chi connectivity index (χ1) is 22.7. The molecule has 0 aliphatic carbocycles. The van der Waals surface area contributed by atoms with E-state index in [4.69, 9.17) is 23.7 Å². The summed E-state index contributed by atoms with van der Waals surface area (Å²) in [6.07, 6.45) is -2.87. The highest BCUT2D eigenvalue weighted by atomic mass is 16.6. The van der Waals surface area contributed by atoms with Crippen LogP contribution in [0, 0.1) is 0 Å². The maximum Gasteiger partial charge on any atom is 0.121 e. The van der Waals surface area contributed by atoms with Crippen molar-refractivity contribution in [2.75, 3.05) is 6.61 Å². The molecule has 1 heterocycles. The number of para-hydroxylation sites is 1. The van der Waals surface area contributed by atoms with E-state index in [2.05, 4.69) is 0 Å². The molecule has 0 radical (unpaired) electrons. The lowest BCUT2D eigenvalue weighted by Gasteiger charge is -2.46. The Morgan fingerprint density at radius 2 is 0.870 bits per heavy atom. The Morgan fingerprint density at radius 1 is 0.457 bits per heavy atom. The molecule has 1 aliphatic heterocycles. The van der Waals surface area contributed by atoms with Gasteiger partial charge in [-0.15, -0.1) is 0 Å². The summed E-state index contributed by atoms with van der Waals surface area (Å²) in [5.74, 6) is 0.134. The molecule has 5 aromatic carbocycles. The van der Waals surface area contributed by atoms with Gasteiger partial charge < -0.3 is 28.8 Å². The van der Waals surface area contributed by atoms with Crippen LogP contribution in [-0.2, 0) is 50.1 Å². The van der Waals surface area contributed by atoms with Crippen LogP contribution in [0.15, 0.2) is 146 Å². The maximum absolute atomic E-state index is 11.1. The maximum atomic E-state index is 11.1. The molecule has 5 atom stereocenters. The van der Waals surface area contributed by atoms with Crippen molar-refractivity contribution in [2.24, 2.45) is 0 Å². The van der Waals surface area contributed by atoms with Crippen molar-refractivity contribution in [1.82, 2.24) is 0 Å². The Kier molecular flexibility index (Phi) is 11.2. The SMILES string of the molecule is Oc1ccccc1[C@H]1O[C@H](COCc2ccccc2)[C@H](OCc2ccccc2)[C@H](OCc2ccccc2)[C@H]1OCc1ccccc1. The smallest absolute Gasteiger partial charge is 0.121 e. The van der Waals surface area contributed by atoms with E-state index in [9.17, 15) is 5.11 Å². The minimum absolute atomic E-state index is 0.134. The van der Waals surface area contributed by atoms with Gasteiger partial charge in [-0.25, -0.2) is 0 Å². The van der Waals surface area contributed by atoms with Crippen molar-refractivity contribution < 1.29 is 28.8 Å². The Balaban J connectivity index is 1.34. The van der Waals surface area contributed by atoms with Gasteiger partial charge in [0, 0.05) is 5.56 Å². The molecule has 6 rings (SSSR count). The van der Waals surface area contributed by atoms with Gasteiger partial charge in [-0.2, -0.15) is 0 Å². The fourth-order valence-electron chi connectivity index (χ4n) is 5.77. The number of ether oxygens (including phenoxy) is 5. The van der Waals surface area contributed by atoms with Gasteiger partial charge in [-0.05, 0) is 28.3 Å². The van der Waals surface area contributed by atoms with E-state index in [-0.39, 0.29) is 12.4 Å². The summed E-state index contributed by atoms with van der Waals surface area (Å²) < 4.78 is 33.3. The Labute approximate surface area is 271 Å². The second-order valence-electron chi connectivity index (χ2n) is 11.4. The van der Waals surface area contributed by atoms with Gasteiger partial charge in [-0.3, -0.25) is 0 Å². The number of benzene rings is 5. The van der Waals surface area contributed by atoms with E-state index in [1.165, 1.54) is 0 Å². The van der Waals surface area contributed by atoms with Crippen molar-refractivity contribution in [1.29, 1.82) is 0 Å². The monoisotopic (exact) mass is 616 g/mol. The average molecular weight is 617 g/mol. The number of phenols is 1. The third kappa shape index (κ3) is 8.49. The second-order valence-corrected chi connectivity index (χ2v) is 11.4. The second kappa shape index (κ2) is 16.3. The molecule has 0 aromatic heterocycles. The first-order valence-corrected chi connectivity index (χ1v) is 15.8. The number of rotatable bonds is 14. The van der Waals surface area contributed by atoms with E-state index in [0.29, 0.717) is 32.0 Å². The highest BCUT2D eigenvalue weighted by Crippen LogP contribution is 2.41. The van der Waals surface area contributed by atoms with E-state index in [0.717, 1.165) is 22.3 Å². The molecule has 1 fully saturated rings. The fraction of sp³-hybridized carbons (Fsp3) is 0.250. The summed E-state index contributed by atoms with van der Waals surface area (Å²) in [6.45, 7) is 1.74. The summed E-state index contributed by atoms with van der Waals surface area (Å²) in [7, 11) is 0. The molecule has 1 saturated heterocycles. The zero-order valence-electron chi connectivity index (χ0n) is 25.8. The molecule has 6 heteroatoms. The van der Waals surface area contributed by atoms with Crippen LogP contribution in [0.1, 0.15) is 33.9 Å². The zero-order chi connectivity index (χ0) is 31.4. The Bertz CT molecular complexity index is 1580. The van der Waals surface area contributed by atoms with Crippen LogP contribution in [0.5, 0.6) is 5.75 Å². The van der Waals surface area contributed by atoms with Gasteiger partial charge >= 0.3 is 0 Å². The summed E-state index contributed by atoms with van der Waals surface area (Å²) in [4.78, 5) is 0. The zero-order valence-corrected chi connectivity index (χ0v) is 25.8. The molecule has 5 aromatic rings. The molecule has 0 amide bonds. The van der Waals surface area contributed by atoms with Gasteiger partial charge in [0.2, 0.25) is 0 Å². The molecule has 0 spiro atoms. The number of hydrogen-bond acceptors (Lipinski definition) is 6. The lowest BCUT2D eigenvalue weighted by molar-refractivity contribution is -0.275. The summed E-state index contributed by atoms with van der Waals surface area (Å²) in [6, 6.07) is 47.5. The highest BCUT2D eigenvalue weighted by molar-refractivity contribution is 5.35. The van der Waals surface area contributed by atoms with Crippen molar-refractivity contribution in [3.8, 4) is 5.75 Å². The minimum atomic E-state index is -0.646. The van der Waals surface area contributed by atoms with Gasteiger partial charge in [0.05, 0.1) is 33.0 Å². The standard InChI is InChI=1S/C40H40O6/c41-35-24-14-13-23-34(35)37-39(44-27-32-19-9-3-10-20-32)40(45-28-33-21-11-4-12-22-33)38(43-26-31-17-7-2-8-18-31)36(46-37)29-42-25-30-15-5-1-6-16-30/h1-24,36-41H,25-29H2/t36-,37-,38+,39+,40+/m1/s1. The van der Waals surface area contributed by atoms with Crippen LogP contribution >= 0.6 is 0 Å². The van der Waals surface area contributed by atoms with Gasteiger partial charge in [-0.1, -0.05) is 140 Å². The van der Waals surface area contributed by atoms with E-state index >= 15 is 0 Å². The van der Waals surface area contributed by atoms with Gasteiger partial charge in [0.1, 0.15) is 36.3 Å². The lowest BCUT2D eigenvalue weighted by atomic mass is 9.90. The molecular formula is C40H40O6. The van der Waals surface area contributed by atoms with E-state index < -0.39 is 30.5 Å². The minimum Gasteiger partial charge on any atom is -0.508 e. The number of aromatic hydroxyl groups is 1. The quantitative estimate of drug-likeness (QED) is 0.137. The molecule has 236 valence electrons. The average Bonchev–Trinajstić information content (AvgIpc) is 3.11. The fourth-order valence-corrected chi connectivity index (χ4v) is 5.77. The molecule has 0 unspecified atom stereocenters. The van der Waals surface area contributed by atoms with Crippen LogP contribution in [0.25, 0.3) is 0 Å². The molecule has 46 heavy (non-hydrogen) atoms. The van der Waals surface area contributed by atoms with Crippen molar-refractivity contribution in [3.63, 3.8) is 0 Å². The summed E-state index contributed by atoms with van der Waals surface area (Å²) >= 11 is 0. The predicted octanol–water partition coefficient (Wildman–Crippen LogP) is 7.81. The molecule has 1 aliphatic rings. The van der Waals surface area contributed by atoms with Gasteiger partial charge in [0.25, 0.3) is 0 Å². The van der Waals surface area contributed by atoms with Crippen LogP contribution in [-0.4, -0.2) is 36.1 Å². The summed E-state index contributed by atoms with van der Waals surface area (Å²) in [5.41, 5.74) is 4.79. The third-order valence-electron chi connectivity index (χ3n) is 8.13. The van der Waals surface area contributed by atoms with Crippen LogP contribution < -0.4 is 0 Å². The molecule has 6 nitrogen and oxygen atoms in total. The highest BCUT2D eigenvalue weighted by Gasteiger charge is 2.49. The first kappa shape index (κ1) is 31.7. The topological polar surface area (TPSA) is 66.4 Å². The molecule has 0 saturated carbocycles. The molecular weight excluding hydrogens is 576 g/mol. The van der Waals surface area contributed by atoms with Crippen LogP contribution in [0.4, 0.5) is 0 Å². The third-order valence-corrected chi connectivity index (χ3v) is 8.13. The largest absolute Gasteiger partial charge is 0.508 e. The van der Waals surface area contributed by atoms with Crippen molar-refractivity contribution >= 4 is 0 Å². The van der Waals surface area contributed by atoms with E-state index in [1.807, 2.05) is 133 Å². The molecule has 1 N–H and O–H groups in total. The van der Waals surface area contributed by atoms with Crippen molar-refractivity contribution in [3.05, 3.63) is 173 Å². The number of hydrogen-bond donors (Lipinski definition) is 1. The van der Waals surface area contributed by atoms with Crippen LogP contribution in [0.3, 0.4) is 0 Å². The van der Waals surface area contributed by atoms with E-state index in [1.54, 1.807) is 12.1 Å². The van der Waals surface area contributed by atoms with Crippen LogP contribution in [0.2, 0.25) is 0 Å². The first-order valence-electron chi connectivity index (χ1n) is 15.8. The Morgan fingerprint density at radius 3 is 1.37 bits per heavy atom. The Hall–Kier alpha value is -4.30. The lowest BCUT2D eigenvalue weighted by Crippen LogP contribution is -2.58. The normalized spacial score (nSPS) is 21.2. The number of phenolic OH excluding ortho intramolecular Hbond substituents is 1. The van der Waals surface area contributed by atoms with Gasteiger partial charge in [0.15, 0.2) is 0 Å². The van der Waals surface area contributed by atoms with Crippen molar-refractivity contribution in [2.45, 2.75) is 56.9 Å².